The van der Waals surface area contributed by atoms with E-state index < -0.39 is 6.04 Å². The van der Waals surface area contributed by atoms with Crippen LogP contribution >= 0.6 is 0 Å². The number of pyridine rings is 1. The summed E-state index contributed by atoms with van der Waals surface area (Å²) in [7, 11) is 3.45. The summed E-state index contributed by atoms with van der Waals surface area (Å²) in [6, 6.07) is 6.54. The molecule has 3 heterocycles. The molecule has 0 saturated heterocycles. The summed E-state index contributed by atoms with van der Waals surface area (Å²) in [4.78, 5) is 30.5. The van der Waals surface area contributed by atoms with Gasteiger partial charge < -0.3 is 10.6 Å². The highest BCUT2D eigenvalue weighted by atomic mass is 16.2. The van der Waals surface area contributed by atoms with E-state index in [-0.39, 0.29) is 17.7 Å². The maximum atomic E-state index is 13.3. The molecule has 1 aliphatic carbocycles. The Kier molecular flexibility index (Phi) is 6.72. The zero-order valence-corrected chi connectivity index (χ0v) is 19.5. The van der Waals surface area contributed by atoms with Gasteiger partial charge in [0.15, 0.2) is 0 Å². The Morgan fingerprint density at radius 3 is 2.47 bits per heavy atom. The maximum Gasteiger partial charge on any atom is 0.270 e. The molecule has 0 aliphatic heterocycles. The van der Waals surface area contributed by atoms with E-state index in [4.69, 9.17) is 0 Å². The molecule has 1 saturated carbocycles. The lowest BCUT2D eigenvalue weighted by atomic mass is 9.79. The second-order valence-corrected chi connectivity index (χ2v) is 8.87. The van der Waals surface area contributed by atoms with Crippen LogP contribution in [-0.2, 0) is 18.9 Å². The van der Waals surface area contributed by atoms with Crippen LogP contribution in [0.3, 0.4) is 0 Å². The first-order chi connectivity index (χ1) is 16.4. The van der Waals surface area contributed by atoms with Gasteiger partial charge in [-0.3, -0.25) is 19.0 Å². The molecule has 10 nitrogen and oxygen atoms in total. The molecule has 1 fully saturated rings. The number of aryl methyl sites for hydroxylation is 2. The van der Waals surface area contributed by atoms with Gasteiger partial charge >= 0.3 is 0 Å². The summed E-state index contributed by atoms with van der Waals surface area (Å²) >= 11 is 0. The smallest absolute Gasteiger partial charge is 0.270 e. The predicted octanol–water partition coefficient (Wildman–Crippen LogP) is 2.65. The van der Waals surface area contributed by atoms with Gasteiger partial charge in [0.25, 0.3) is 5.91 Å². The minimum Gasteiger partial charge on any atom is -0.339 e. The second-order valence-electron chi connectivity index (χ2n) is 8.87. The molecule has 0 spiro atoms. The highest BCUT2D eigenvalue weighted by molar-refractivity contribution is 6.00. The third-order valence-corrected chi connectivity index (χ3v) is 6.50. The van der Waals surface area contributed by atoms with E-state index in [1.54, 1.807) is 49.4 Å². The third kappa shape index (κ3) is 4.83. The number of rotatable bonds is 6. The van der Waals surface area contributed by atoms with Crippen LogP contribution in [0.4, 0.5) is 5.82 Å². The van der Waals surface area contributed by atoms with Crippen LogP contribution in [0.25, 0.3) is 11.3 Å². The molecule has 1 atom stereocenters. The quantitative estimate of drug-likeness (QED) is 0.581. The van der Waals surface area contributed by atoms with Crippen molar-refractivity contribution >= 4 is 17.6 Å². The Labute approximate surface area is 198 Å². The van der Waals surface area contributed by atoms with Crippen molar-refractivity contribution in [2.45, 2.75) is 38.6 Å². The fraction of sp³-hybridized carbons (Fsp3) is 0.417. The molecule has 0 radical (unpaired) electrons. The Morgan fingerprint density at radius 2 is 1.85 bits per heavy atom. The zero-order valence-electron chi connectivity index (χ0n) is 19.5. The number of nitrogens with zero attached hydrogens (tertiary/aromatic N) is 6. The average Bonchev–Trinajstić information content (AvgIpc) is 3.43. The largest absolute Gasteiger partial charge is 0.339 e. The first kappa shape index (κ1) is 23.2. The molecule has 2 amide bonds. The van der Waals surface area contributed by atoms with E-state index in [0.29, 0.717) is 28.7 Å². The number of aromatic nitrogens is 5. The summed E-state index contributed by atoms with van der Waals surface area (Å²) < 4.78 is 3.10. The molecule has 4 rings (SSSR count). The van der Waals surface area contributed by atoms with Gasteiger partial charge in [0, 0.05) is 32.1 Å². The minimum absolute atomic E-state index is 0.0419. The van der Waals surface area contributed by atoms with Gasteiger partial charge in [-0.05, 0) is 42.9 Å². The SMILES string of the molecule is CC1CCC([C@H](NC(=O)c2ccnn2C)C(=O)Nc2ccc(-c3c(C#N)cnn3C)cn2)CC1. The Morgan fingerprint density at radius 1 is 1.09 bits per heavy atom. The zero-order chi connectivity index (χ0) is 24.2. The molecule has 0 unspecified atom stereocenters. The molecule has 34 heavy (non-hydrogen) atoms. The fourth-order valence-electron chi connectivity index (χ4n) is 4.50. The number of nitriles is 1. The van der Waals surface area contributed by atoms with Gasteiger partial charge in [0.05, 0.1) is 17.5 Å². The number of hydrogen-bond donors (Lipinski definition) is 2. The van der Waals surface area contributed by atoms with Crippen LogP contribution in [0.5, 0.6) is 0 Å². The molecule has 0 aromatic carbocycles. The topological polar surface area (TPSA) is 131 Å². The van der Waals surface area contributed by atoms with E-state index in [0.717, 1.165) is 31.2 Å². The van der Waals surface area contributed by atoms with E-state index >= 15 is 0 Å². The molecule has 10 heteroatoms. The van der Waals surface area contributed by atoms with Gasteiger partial charge in [-0.25, -0.2) is 4.98 Å². The van der Waals surface area contributed by atoms with E-state index in [2.05, 4.69) is 38.8 Å². The van der Waals surface area contributed by atoms with Crippen molar-refractivity contribution in [2.75, 3.05) is 5.32 Å². The van der Waals surface area contributed by atoms with Crippen LogP contribution in [0, 0.1) is 23.2 Å². The van der Waals surface area contributed by atoms with Crippen LogP contribution < -0.4 is 10.6 Å². The standard InChI is InChI=1S/C24H28N8O2/c1-15-4-6-16(7-5-15)21(30-23(33)19-10-11-27-31(19)2)24(34)29-20-9-8-17(13-26-20)22-18(12-25)14-28-32(22)3/h8-11,13-16,21H,4-7H2,1-3H3,(H,30,33)(H,26,29,34)/t15?,16?,21-/m0/s1. The second kappa shape index (κ2) is 9.87. The number of nitrogens with one attached hydrogen (secondary N) is 2. The van der Waals surface area contributed by atoms with E-state index in [1.165, 1.54) is 10.9 Å². The van der Waals surface area contributed by atoms with Crippen molar-refractivity contribution in [3.05, 3.63) is 48.0 Å². The summed E-state index contributed by atoms with van der Waals surface area (Å²) in [6.07, 6.45) is 8.44. The average molecular weight is 461 g/mol. The number of hydrogen-bond acceptors (Lipinski definition) is 6. The molecule has 2 N–H and O–H groups in total. The molecule has 1 aliphatic rings. The highest BCUT2D eigenvalue weighted by Gasteiger charge is 2.33. The Bertz CT molecular complexity index is 1210. The van der Waals surface area contributed by atoms with Gasteiger partial charge in [0.1, 0.15) is 23.6 Å². The van der Waals surface area contributed by atoms with Crippen molar-refractivity contribution in [2.24, 2.45) is 25.9 Å². The lowest BCUT2D eigenvalue weighted by Crippen LogP contribution is -2.49. The van der Waals surface area contributed by atoms with Crippen LogP contribution in [0.2, 0.25) is 0 Å². The van der Waals surface area contributed by atoms with Gasteiger partial charge in [0.2, 0.25) is 5.91 Å². The van der Waals surface area contributed by atoms with Gasteiger partial charge in [-0.1, -0.05) is 19.8 Å². The summed E-state index contributed by atoms with van der Waals surface area (Å²) in [5.74, 6) is 0.404. The van der Waals surface area contributed by atoms with Crippen molar-refractivity contribution in [3.8, 4) is 17.3 Å². The summed E-state index contributed by atoms with van der Waals surface area (Å²) in [6.45, 7) is 2.21. The van der Waals surface area contributed by atoms with Crippen LogP contribution in [0.1, 0.15) is 48.7 Å². The first-order valence-corrected chi connectivity index (χ1v) is 11.4. The summed E-state index contributed by atoms with van der Waals surface area (Å²) in [5, 5.41) is 23.3. The van der Waals surface area contributed by atoms with Crippen molar-refractivity contribution in [3.63, 3.8) is 0 Å². The predicted molar refractivity (Wildman–Crippen MR) is 125 cm³/mol. The number of anilines is 1. The third-order valence-electron chi connectivity index (χ3n) is 6.50. The van der Waals surface area contributed by atoms with Crippen molar-refractivity contribution in [1.82, 2.24) is 29.9 Å². The van der Waals surface area contributed by atoms with Crippen molar-refractivity contribution in [1.29, 1.82) is 5.26 Å². The van der Waals surface area contributed by atoms with E-state index in [1.807, 2.05) is 0 Å². The lowest BCUT2D eigenvalue weighted by molar-refractivity contribution is -0.119. The number of carbonyl (C=O) groups is 2. The van der Waals surface area contributed by atoms with Crippen LogP contribution in [-0.4, -0.2) is 42.4 Å². The monoisotopic (exact) mass is 460 g/mol. The van der Waals surface area contributed by atoms with Crippen LogP contribution in [0.15, 0.2) is 36.8 Å². The number of amides is 2. The summed E-state index contributed by atoms with van der Waals surface area (Å²) in [5.41, 5.74) is 2.22. The Balaban J connectivity index is 1.52. The molecular formula is C24H28N8O2. The fourth-order valence-corrected chi connectivity index (χ4v) is 4.50. The Hall–Kier alpha value is -4.00. The highest BCUT2D eigenvalue weighted by Crippen LogP contribution is 2.31. The van der Waals surface area contributed by atoms with E-state index in [9.17, 15) is 14.9 Å². The maximum absolute atomic E-state index is 13.3. The van der Waals surface area contributed by atoms with Gasteiger partial charge in [-0.15, -0.1) is 0 Å². The molecule has 3 aromatic heterocycles. The minimum atomic E-state index is -0.682. The van der Waals surface area contributed by atoms with Gasteiger partial charge in [-0.2, -0.15) is 15.5 Å². The number of carbonyl (C=O) groups excluding carboxylic acids is 2. The molecule has 176 valence electrons. The molecular weight excluding hydrogens is 432 g/mol. The normalized spacial score (nSPS) is 18.6. The molecule has 3 aromatic rings. The molecule has 0 bridgehead atoms. The lowest BCUT2D eigenvalue weighted by Gasteiger charge is -2.32. The van der Waals surface area contributed by atoms with Crippen molar-refractivity contribution < 1.29 is 9.59 Å². The first-order valence-electron chi connectivity index (χ1n) is 11.4.